The Morgan fingerprint density at radius 3 is 2.79 bits per heavy atom. The Bertz CT molecular complexity index is 582. The van der Waals surface area contributed by atoms with Gasteiger partial charge < -0.3 is 16.0 Å². The second-order valence-electron chi connectivity index (χ2n) is 6.19. The van der Waals surface area contributed by atoms with Crippen molar-refractivity contribution in [1.29, 1.82) is 0 Å². The molecule has 2 heterocycles. The minimum atomic E-state index is -0.331. The third-order valence-corrected chi connectivity index (χ3v) is 4.97. The van der Waals surface area contributed by atoms with Gasteiger partial charge in [-0.3, -0.25) is 14.7 Å². The molecule has 0 unspecified atom stereocenters. The SMILES string of the molecule is CCNC(=NCC(C)(C)c1cccs1)NCCN1C(=O)CNC1=O. The zero-order valence-corrected chi connectivity index (χ0v) is 15.2. The Hall–Kier alpha value is -2.09. The summed E-state index contributed by atoms with van der Waals surface area (Å²) >= 11 is 1.73. The van der Waals surface area contributed by atoms with Crippen LogP contribution in [0.5, 0.6) is 0 Å². The fourth-order valence-corrected chi connectivity index (χ4v) is 3.17. The number of amides is 3. The fraction of sp³-hybridized carbons (Fsp3) is 0.562. The summed E-state index contributed by atoms with van der Waals surface area (Å²) in [4.78, 5) is 30.2. The van der Waals surface area contributed by atoms with E-state index in [2.05, 4.69) is 46.2 Å². The van der Waals surface area contributed by atoms with E-state index < -0.39 is 0 Å². The van der Waals surface area contributed by atoms with E-state index in [9.17, 15) is 9.59 Å². The Kier molecular flexibility index (Phi) is 6.19. The monoisotopic (exact) mass is 351 g/mol. The molecule has 2 rings (SSSR count). The molecule has 0 spiro atoms. The molecule has 0 aromatic carbocycles. The standard InChI is InChI=1S/C16H25N5O2S/c1-4-17-14(18-7-8-21-13(22)10-19-15(21)23)20-11-16(2,3)12-6-5-9-24-12/h5-6,9H,4,7-8,10-11H2,1-3H3,(H,19,23)(H2,17,18,20). The molecule has 0 bridgehead atoms. The van der Waals surface area contributed by atoms with Crippen LogP contribution in [0.4, 0.5) is 4.79 Å². The van der Waals surface area contributed by atoms with Gasteiger partial charge in [0.2, 0.25) is 5.91 Å². The van der Waals surface area contributed by atoms with Gasteiger partial charge in [-0.2, -0.15) is 0 Å². The summed E-state index contributed by atoms with van der Waals surface area (Å²) in [5, 5.41) is 10.9. The lowest BCUT2D eigenvalue weighted by atomic mass is 9.92. The van der Waals surface area contributed by atoms with Crippen LogP contribution < -0.4 is 16.0 Å². The zero-order valence-electron chi connectivity index (χ0n) is 14.4. The van der Waals surface area contributed by atoms with Gasteiger partial charge in [-0.05, 0) is 18.4 Å². The molecule has 3 N–H and O–H groups in total. The van der Waals surface area contributed by atoms with E-state index in [-0.39, 0.29) is 23.9 Å². The summed E-state index contributed by atoms with van der Waals surface area (Å²) in [7, 11) is 0. The van der Waals surface area contributed by atoms with Gasteiger partial charge in [0.05, 0.1) is 13.1 Å². The maximum Gasteiger partial charge on any atom is 0.324 e. The van der Waals surface area contributed by atoms with E-state index in [0.717, 1.165) is 6.54 Å². The van der Waals surface area contributed by atoms with Crippen LogP contribution in [-0.4, -0.2) is 55.5 Å². The Balaban J connectivity index is 1.89. The van der Waals surface area contributed by atoms with E-state index in [4.69, 9.17) is 0 Å². The number of thiophene rings is 1. The van der Waals surface area contributed by atoms with Crippen molar-refractivity contribution >= 4 is 29.2 Å². The molecule has 8 heteroatoms. The minimum absolute atomic E-state index is 0.0404. The molecule has 1 aromatic heterocycles. The van der Waals surface area contributed by atoms with E-state index in [1.54, 1.807) is 11.3 Å². The molecule has 0 radical (unpaired) electrons. The summed E-state index contributed by atoms with van der Waals surface area (Å²) in [6.45, 7) is 8.59. The number of urea groups is 1. The van der Waals surface area contributed by atoms with Crippen LogP contribution >= 0.6 is 11.3 Å². The van der Waals surface area contributed by atoms with E-state index >= 15 is 0 Å². The molecule has 0 atom stereocenters. The van der Waals surface area contributed by atoms with Gasteiger partial charge in [-0.15, -0.1) is 11.3 Å². The lowest BCUT2D eigenvalue weighted by Gasteiger charge is -2.22. The van der Waals surface area contributed by atoms with Crippen LogP contribution in [0.15, 0.2) is 22.5 Å². The molecule has 132 valence electrons. The quantitative estimate of drug-likeness (QED) is 0.391. The molecule has 3 amide bonds. The molecule has 1 fully saturated rings. The highest BCUT2D eigenvalue weighted by Crippen LogP contribution is 2.27. The molecule has 1 saturated heterocycles. The van der Waals surface area contributed by atoms with Crippen LogP contribution in [0.1, 0.15) is 25.6 Å². The van der Waals surface area contributed by atoms with Gasteiger partial charge >= 0.3 is 6.03 Å². The first-order chi connectivity index (χ1) is 11.4. The van der Waals surface area contributed by atoms with Gasteiger partial charge in [0.25, 0.3) is 0 Å². The summed E-state index contributed by atoms with van der Waals surface area (Å²) < 4.78 is 0. The van der Waals surface area contributed by atoms with Crippen LogP contribution in [0.25, 0.3) is 0 Å². The molecule has 0 saturated carbocycles. The largest absolute Gasteiger partial charge is 0.357 e. The summed E-state index contributed by atoms with van der Waals surface area (Å²) in [6, 6.07) is 3.84. The van der Waals surface area contributed by atoms with Gasteiger partial charge in [0, 0.05) is 29.9 Å². The van der Waals surface area contributed by atoms with Gasteiger partial charge in [-0.25, -0.2) is 4.79 Å². The second-order valence-corrected chi connectivity index (χ2v) is 7.13. The van der Waals surface area contributed by atoms with Crippen molar-refractivity contribution in [3.8, 4) is 0 Å². The van der Waals surface area contributed by atoms with Crippen LogP contribution in [0.2, 0.25) is 0 Å². The Morgan fingerprint density at radius 1 is 1.42 bits per heavy atom. The average molecular weight is 351 g/mol. The minimum Gasteiger partial charge on any atom is -0.357 e. The number of nitrogens with zero attached hydrogens (tertiary/aromatic N) is 2. The van der Waals surface area contributed by atoms with Crippen molar-refractivity contribution in [2.24, 2.45) is 4.99 Å². The number of nitrogens with one attached hydrogen (secondary N) is 3. The lowest BCUT2D eigenvalue weighted by molar-refractivity contribution is -0.124. The van der Waals surface area contributed by atoms with Crippen LogP contribution in [-0.2, 0) is 10.2 Å². The zero-order chi connectivity index (χ0) is 17.6. The average Bonchev–Trinajstić information content (AvgIpc) is 3.18. The molecule has 1 aromatic rings. The predicted molar refractivity (Wildman–Crippen MR) is 96.4 cm³/mol. The smallest absolute Gasteiger partial charge is 0.324 e. The highest BCUT2D eigenvalue weighted by molar-refractivity contribution is 7.10. The van der Waals surface area contributed by atoms with E-state index in [1.165, 1.54) is 9.78 Å². The third kappa shape index (κ3) is 4.70. The maximum atomic E-state index is 11.5. The topological polar surface area (TPSA) is 85.8 Å². The highest BCUT2D eigenvalue weighted by Gasteiger charge is 2.27. The van der Waals surface area contributed by atoms with Crippen molar-refractivity contribution in [3.05, 3.63) is 22.4 Å². The Morgan fingerprint density at radius 2 is 2.21 bits per heavy atom. The first-order valence-electron chi connectivity index (χ1n) is 8.08. The molecular weight excluding hydrogens is 326 g/mol. The summed E-state index contributed by atoms with van der Waals surface area (Å²) in [5.41, 5.74) is -0.0404. The Labute approximate surface area is 146 Å². The summed E-state index contributed by atoms with van der Waals surface area (Å²) in [6.07, 6.45) is 0. The first kappa shape index (κ1) is 18.3. The number of rotatable bonds is 7. The molecular formula is C16H25N5O2S. The van der Waals surface area contributed by atoms with Gasteiger partial charge in [0.15, 0.2) is 5.96 Å². The van der Waals surface area contributed by atoms with E-state index in [0.29, 0.717) is 25.6 Å². The van der Waals surface area contributed by atoms with Crippen molar-refractivity contribution in [2.45, 2.75) is 26.2 Å². The normalized spacial score (nSPS) is 15.6. The predicted octanol–water partition coefficient (Wildman–Crippen LogP) is 1.13. The third-order valence-electron chi connectivity index (χ3n) is 3.73. The number of carbonyl (C=O) groups is 2. The molecule has 1 aliphatic rings. The number of carbonyl (C=O) groups excluding carboxylic acids is 2. The lowest BCUT2D eigenvalue weighted by Crippen LogP contribution is -2.43. The van der Waals surface area contributed by atoms with Crippen molar-refractivity contribution in [1.82, 2.24) is 20.9 Å². The number of aliphatic imine (C=N–C) groups is 1. The number of imide groups is 1. The molecule has 1 aliphatic heterocycles. The molecule has 0 aliphatic carbocycles. The number of hydrogen-bond acceptors (Lipinski definition) is 4. The van der Waals surface area contributed by atoms with Crippen molar-refractivity contribution in [2.75, 3.05) is 32.7 Å². The van der Waals surface area contributed by atoms with Crippen molar-refractivity contribution < 1.29 is 9.59 Å². The first-order valence-corrected chi connectivity index (χ1v) is 8.96. The van der Waals surface area contributed by atoms with Crippen LogP contribution in [0.3, 0.4) is 0 Å². The summed E-state index contributed by atoms with van der Waals surface area (Å²) in [5.74, 6) is 0.497. The van der Waals surface area contributed by atoms with Gasteiger partial charge in [-0.1, -0.05) is 19.9 Å². The molecule has 24 heavy (non-hydrogen) atoms. The maximum absolute atomic E-state index is 11.5. The van der Waals surface area contributed by atoms with Gasteiger partial charge in [0.1, 0.15) is 0 Å². The highest BCUT2D eigenvalue weighted by atomic mass is 32.1. The number of guanidine groups is 1. The number of hydrogen-bond donors (Lipinski definition) is 3. The van der Waals surface area contributed by atoms with Crippen LogP contribution in [0, 0.1) is 0 Å². The van der Waals surface area contributed by atoms with E-state index in [1.807, 2.05) is 13.0 Å². The fourth-order valence-electron chi connectivity index (χ4n) is 2.33. The van der Waals surface area contributed by atoms with Crippen molar-refractivity contribution in [3.63, 3.8) is 0 Å². The molecule has 7 nitrogen and oxygen atoms in total. The second kappa shape index (κ2) is 8.14.